The zero-order chi connectivity index (χ0) is 18.6. The van der Waals surface area contributed by atoms with Crippen molar-refractivity contribution in [2.75, 3.05) is 0 Å². The topological polar surface area (TPSA) is 0 Å². The van der Waals surface area contributed by atoms with Crippen LogP contribution >= 0.6 is 0 Å². The zero-order valence-corrected chi connectivity index (χ0v) is 18.6. The molecule has 0 radical (unpaired) electrons. The van der Waals surface area contributed by atoms with E-state index in [1.807, 2.05) is 0 Å². The first kappa shape index (κ1) is 22.0. The third-order valence-electron chi connectivity index (χ3n) is 6.30. The lowest BCUT2D eigenvalue weighted by molar-refractivity contribution is 0.0545. The average molecular weight is 337 g/mol. The van der Waals surface area contributed by atoms with Crippen LogP contribution in [0, 0.1) is 34.0 Å². The van der Waals surface area contributed by atoms with E-state index in [2.05, 4.69) is 62.3 Å². The van der Waals surface area contributed by atoms with Gasteiger partial charge in [-0.25, -0.2) is 0 Å². The van der Waals surface area contributed by atoms with Crippen LogP contribution in [0.3, 0.4) is 0 Å². The van der Waals surface area contributed by atoms with Gasteiger partial charge in [-0.1, -0.05) is 94.4 Å². The van der Waals surface area contributed by atoms with Gasteiger partial charge in [-0.2, -0.15) is 0 Å². The molecule has 1 fully saturated rings. The van der Waals surface area contributed by atoms with E-state index in [1.165, 1.54) is 57.8 Å². The van der Waals surface area contributed by atoms with Gasteiger partial charge in [-0.3, -0.25) is 0 Å². The van der Waals surface area contributed by atoms with Crippen LogP contribution in [-0.4, -0.2) is 0 Å². The number of rotatable bonds is 6. The molecule has 0 aromatic heterocycles. The van der Waals surface area contributed by atoms with Gasteiger partial charge in [-0.15, -0.1) is 0 Å². The molecule has 0 spiro atoms. The quantitative estimate of drug-likeness (QED) is 0.456. The molecule has 0 heterocycles. The first-order chi connectivity index (χ1) is 10.8. The largest absolute Gasteiger partial charge is 0.0602 e. The molecular weight excluding hydrogens is 288 g/mol. The fourth-order valence-corrected chi connectivity index (χ4v) is 4.90. The van der Waals surface area contributed by atoms with Gasteiger partial charge < -0.3 is 0 Å². The molecule has 0 aromatic carbocycles. The van der Waals surface area contributed by atoms with E-state index in [0.29, 0.717) is 16.2 Å². The van der Waals surface area contributed by atoms with E-state index in [4.69, 9.17) is 0 Å². The molecule has 3 atom stereocenters. The van der Waals surface area contributed by atoms with Crippen molar-refractivity contribution >= 4 is 0 Å². The van der Waals surface area contributed by atoms with Gasteiger partial charge in [0.2, 0.25) is 0 Å². The van der Waals surface area contributed by atoms with E-state index in [1.54, 1.807) is 0 Å². The molecule has 1 rings (SSSR count). The molecule has 1 saturated carbocycles. The van der Waals surface area contributed by atoms with Crippen LogP contribution in [0.15, 0.2) is 0 Å². The minimum Gasteiger partial charge on any atom is -0.0602 e. The predicted octanol–water partition coefficient (Wildman–Crippen LogP) is 8.50. The monoisotopic (exact) mass is 336 g/mol. The Morgan fingerprint density at radius 2 is 1.29 bits per heavy atom. The molecule has 0 saturated heterocycles. The summed E-state index contributed by atoms with van der Waals surface area (Å²) in [6.45, 7) is 21.9. The van der Waals surface area contributed by atoms with Gasteiger partial charge in [-0.05, 0) is 59.7 Å². The van der Waals surface area contributed by atoms with Gasteiger partial charge in [0.05, 0.1) is 0 Å². The summed E-state index contributed by atoms with van der Waals surface area (Å²) in [5, 5.41) is 0. The van der Waals surface area contributed by atoms with Crippen LogP contribution in [0.2, 0.25) is 0 Å². The Hall–Kier alpha value is 0. The molecule has 1 unspecified atom stereocenters. The standard InChI is InChI=1S/C24H48/c1-22(2,3)17-12-14-19-13-10-11-15-20(19)21(24(7,8)9)16-18-23(4,5)6/h19-21H,10-18H2,1-9H3/t19-,20-,21?/m0/s1. The molecule has 0 aromatic rings. The third kappa shape index (κ3) is 8.39. The smallest absolute Gasteiger partial charge is 0.0334 e. The summed E-state index contributed by atoms with van der Waals surface area (Å²) in [6, 6.07) is 0. The van der Waals surface area contributed by atoms with Crippen LogP contribution in [0.4, 0.5) is 0 Å². The average Bonchev–Trinajstić information content (AvgIpc) is 2.36. The summed E-state index contributed by atoms with van der Waals surface area (Å²) in [7, 11) is 0. The van der Waals surface area contributed by atoms with E-state index in [9.17, 15) is 0 Å². The Kier molecular flexibility index (Phi) is 7.89. The van der Waals surface area contributed by atoms with Crippen molar-refractivity contribution in [3.8, 4) is 0 Å². The highest BCUT2D eigenvalue weighted by atomic mass is 14.4. The molecule has 144 valence electrons. The van der Waals surface area contributed by atoms with Crippen LogP contribution < -0.4 is 0 Å². The molecule has 0 aliphatic heterocycles. The third-order valence-corrected chi connectivity index (χ3v) is 6.30. The van der Waals surface area contributed by atoms with Crippen molar-refractivity contribution in [2.45, 2.75) is 120 Å². The second-order valence-electron chi connectivity index (χ2n) is 12.2. The van der Waals surface area contributed by atoms with Gasteiger partial charge in [0.25, 0.3) is 0 Å². The second kappa shape index (κ2) is 8.59. The molecule has 0 amide bonds. The number of hydrogen-bond acceptors (Lipinski definition) is 0. The summed E-state index contributed by atoms with van der Waals surface area (Å²) in [5.41, 5.74) is 1.43. The molecule has 1 aliphatic rings. The minimum atomic E-state index is 0.454. The van der Waals surface area contributed by atoms with Gasteiger partial charge in [0.1, 0.15) is 0 Å². The molecule has 24 heavy (non-hydrogen) atoms. The van der Waals surface area contributed by atoms with Gasteiger partial charge >= 0.3 is 0 Å². The van der Waals surface area contributed by atoms with Gasteiger partial charge in [0, 0.05) is 0 Å². The normalized spacial score (nSPS) is 24.9. The molecule has 0 nitrogen and oxygen atoms in total. The first-order valence-corrected chi connectivity index (χ1v) is 10.8. The maximum atomic E-state index is 2.50. The second-order valence-corrected chi connectivity index (χ2v) is 12.2. The molecule has 0 bridgehead atoms. The SMILES string of the molecule is CC(C)(C)CCC[C@@H]1CCCC[C@@H]1C(CCC(C)(C)C)C(C)(C)C. The predicted molar refractivity (Wildman–Crippen MR) is 110 cm³/mol. The lowest BCUT2D eigenvalue weighted by atomic mass is 9.61. The molecule has 0 heteroatoms. The highest BCUT2D eigenvalue weighted by Gasteiger charge is 2.38. The first-order valence-electron chi connectivity index (χ1n) is 10.8. The number of hydrogen-bond donors (Lipinski definition) is 0. The summed E-state index contributed by atoms with van der Waals surface area (Å²) in [5.74, 6) is 2.86. The lowest BCUT2D eigenvalue weighted by Gasteiger charge is -2.45. The summed E-state index contributed by atoms with van der Waals surface area (Å²) >= 11 is 0. The van der Waals surface area contributed by atoms with Crippen LogP contribution in [0.5, 0.6) is 0 Å². The van der Waals surface area contributed by atoms with Gasteiger partial charge in [0.15, 0.2) is 0 Å². The fraction of sp³-hybridized carbons (Fsp3) is 1.00. The van der Waals surface area contributed by atoms with E-state index < -0.39 is 0 Å². The van der Waals surface area contributed by atoms with E-state index in [-0.39, 0.29) is 0 Å². The Morgan fingerprint density at radius 1 is 0.750 bits per heavy atom. The fourth-order valence-electron chi connectivity index (χ4n) is 4.90. The highest BCUT2D eigenvalue weighted by Crippen LogP contribution is 2.47. The Balaban J connectivity index is 2.76. The summed E-state index contributed by atoms with van der Waals surface area (Å²) in [4.78, 5) is 0. The van der Waals surface area contributed by atoms with Crippen LogP contribution in [-0.2, 0) is 0 Å². The molecular formula is C24H48. The molecule has 0 N–H and O–H groups in total. The highest BCUT2D eigenvalue weighted by molar-refractivity contribution is 4.88. The van der Waals surface area contributed by atoms with E-state index in [0.717, 1.165) is 17.8 Å². The Morgan fingerprint density at radius 3 is 1.79 bits per heavy atom. The summed E-state index contributed by atoms with van der Waals surface area (Å²) in [6.07, 6.45) is 13.0. The maximum Gasteiger partial charge on any atom is -0.0334 e. The van der Waals surface area contributed by atoms with E-state index >= 15 is 0 Å². The van der Waals surface area contributed by atoms with Crippen molar-refractivity contribution in [1.29, 1.82) is 0 Å². The molecule has 1 aliphatic carbocycles. The van der Waals surface area contributed by atoms with Crippen molar-refractivity contribution < 1.29 is 0 Å². The van der Waals surface area contributed by atoms with Crippen molar-refractivity contribution in [3.63, 3.8) is 0 Å². The lowest BCUT2D eigenvalue weighted by Crippen LogP contribution is -2.35. The van der Waals surface area contributed by atoms with Crippen molar-refractivity contribution in [3.05, 3.63) is 0 Å². The maximum absolute atomic E-state index is 2.50. The summed E-state index contributed by atoms with van der Waals surface area (Å²) < 4.78 is 0. The van der Waals surface area contributed by atoms with Crippen LogP contribution in [0.1, 0.15) is 120 Å². The van der Waals surface area contributed by atoms with Crippen LogP contribution in [0.25, 0.3) is 0 Å². The minimum absolute atomic E-state index is 0.454. The Bertz CT molecular complexity index is 344. The van der Waals surface area contributed by atoms with Crippen molar-refractivity contribution in [1.82, 2.24) is 0 Å². The zero-order valence-electron chi connectivity index (χ0n) is 18.6. The Labute approximate surface area is 154 Å². The van der Waals surface area contributed by atoms with Crippen molar-refractivity contribution in [2.24, 2.45) is 34.0 Å².